The van der Waals surface area contributed by atoms with Gasteiger partial charge in [-0.3, -0.25) is 0 Å². The van der Waals surface area contributed by atoms with E-state index in [-0.39, 0.29) is 19.8 Å². The molecular formula is C26H27NO7. The van der Waals surface area contributed by atoms with E-state index in [9.17, 15) is 9.59 Å². The first-order chi connectivity index (χ1) is 16.7. The van der Waals surface area contributed by atoms with Gasteiger partial charge in [0.25, 0.3) is 0 Å². The fourth-order valence-electron chi connectivity index (χ4n) is 2.99. The van der Waals surface area contributed by atoms with Gasteiger partial charge in [0.2, 0.25) is 0 Å². The van der Waals surface area contributed by atoms with Crippen molar-refractivity contribution < 1.29 is 33.3 Å². The predicted molar refractivity (Wildman–Crippen MR) is 127 cm³/mol. The van der Waals surface area contributed by atoms with Gasteiger partial charge in [0, 0.05) is 23.4 Å². The summed E-state index contributed by atoms with van der Waals surface area (Å²) in [6.45, 7) is 5.01. The number of benzene rings is 3. The number of fused-ring (bicyclic) bond motifs is 1. The second-order valence-electron chi connectivity index (χ2n) is 6.94. The molecule has 0 spiro atoms. The number of hydrogen-bond donors (Lipinski definition) is 1. The molecule has 3 rings (SSSR count). The maximum atomic E-state index is 12.2. The zero-order chi connectivity index (χ0) is 24.0. The van der Waals surface area contributed by atoms with E-state index in [1.54, 1.807) is 6.07 Å². The van der Waals surface area contributed by atoms with Crippen LogP contribution in [0.2, 0.25) is 0 Å². The van der Waals surface area contributed by atoms with Gasteiger partial charge in [-0.2, -0.15) is 0 Å². The number of hydrogen-bond acceptors (Lipinski definition) is 7. The Morgan fingerprint density at radius 3 is 2.15 bits per heavy atom. The number of rotatable bonds is 13. The van der Waals surface area contributed by atoms with Crippen molar-refractivity contribution in [2.75, 3.05) is 39.6 Å². The quantitative estimate of drug-likeness (QED) is 0.226. The minimum atomic E-state index is -0.578. The molecule has 0 bridgehead atoms. The fourth-order valence-corrected chi connectivity index (χ4v) is 2.99. The summed E-state index contributed by atoms with van der Waals surface area (Å²) in [5, 5.41) is 4.25. The van der Waals surface area contributed by atoms with Crippen LogP contribution in [-0.2, 0) is 19.0 Å². The minimum Gasteiger partial charge on any atom is -0.460 e. The topological polar surface area (TPSA) is 92.3 Å². The number of esters is 1. The maximum absolute atomic E-state index is 12.2. The third kappa shape index (κ3) is 7.91. The number of amides is 1. The molecule has 0 saturated carbocycles. The molecule has 1 amide bonds. The van der Waals surface area contributed by atoms with E-state index in [0.29, 0.717) is 31.3 Å². The van der Waals surface area contributed by atoms with Crippen LogP contribution in [0.4, 0.5) is 4.79 Å². The van der Waals surface area contributed by atoms with E-state index in [1.165, 1.54) is 0 Å². The molecule has 0 radical (unpaired) electrons. The summed E-state index contributed by atoms with van der Waals surface area (Å²) in [6, 6.07) is 20.5. The molecule has 1 N–H and O–H groups in total. The number of ether oxygens (including phenoxy) is 5. The lowest BCUT2D eigenvalue weighted by molar-refractivity contribution is -0.139. The summed E-state index contributed by atoms with van der Waals surface area (Å²) in [5.41, 5.74) is 0. The standard InChI is InChI=1S/C26H27NO7/c1-2-25(28)32-19-18-31-17-16-30-15-14-27-26(29)34-24-13-7-10-21-22(24)11-6-12-23(21)33-20-8-4-3-5-9-20/h2-13H,1,14-19H2,(H,27,29). The van der Waals surface area contributed by atoms with Crippen molar-refractivity contribution >= 4 is 22.8 Å². The lowest BCUT2D eigenvalue weighted by Crippen LogP contribution is -2.30. The Bertz CT molecular complexity index is 1080. The zero-order valence-electron chi connectivity index (χ0n) is 18.7. The molecule has 34 heavy (non-hydrogen) atoms. The first-order valence-electron chi connectivity index (χ1n) is 10.8. The molecule has 8 heteroatoms. The van der Waals surface area contributed by atoms with E-state index >= 15 is 0 Å². The lowest BCUT2D eigenvalue weighted by Gasteiger charge is -2.12. The highest BCUT2D eigenvalue weighted by atomic mass is 16.6. The van der Waals surface area contributed by atoms with Crippen LogP contribution in [0.25, 0.3) is 10.8 Å². The first kappa shape index (κ1) is 24.8. The Hall–Kier alpha value is -3.88. The molecular weight excluding hydrogens is 438 g/mol. The Kier molecular flexibility index (Phi) is 9.92. The number of carbonyl (C=O) groups is 2. The first-order valence-corrected chi connectivity index (χ1v) is 10.8. The molecule has 0 aliphatic heterocycles. The molecule has 0 aliphatic carbocycles. The smallest absolute Gasteiger partial charge is 0.412 e. The van der Waals surface area contributed by atoms with Gasteiger partial charge in [-0.1, -0.05) is 49.0 Å². The average molecular weight is 466 g/mol. The monoisotopic (exact) mass is 465 g/mol. The normalized spacial score (nSPS) is 10.5. The Morgan fingerprint density at radius 1 is 0.765 bits per heavy atom. The molecule has 0 aliphatic rings. The predicted octanol–water partition coefficient (Wildman–Crippen LogP) is 4.48. The van der Waals surface area contributed by atoms with Crippen molar-refractivity contribution in [1.82, 2.24) is 5.32 Å². The van der Waals surface area contributed by atoms with Crippen LogP contribution in [0, 0.1) is 0 Å². The number of nitrogens with one attached hydrogen (secondary N) is 1. The molecule has 3 aromatic carbocycles. The number of para-hydroxylation sites is 1. The van der Waals surface area contributed by atoms with Gasteiger partial charge in [0.1, 0.15) is 23.9 Å². The largest absolute Gasteiger partial charge is 0.460 e. The molecule has 0 saturated heterocycles. The Morgan fingerprint density at radius 2 is 1.41 bits per heavy atom. The molecule has 8 nitrogen and oxygen atoms in total. The second kappa shape index (κ2) is 13.6. The van der Waals surface area contributed by atoms with Crippen molar-refractivity contribution in [1.29, 1.82) is 0 Å². The van der Waals surface area contributed by atoms with E-state index in [4.69, 9.17) is 23.7 Å². The van der Waals surface area contributed by atoms with Crippen LogP contribution in [0.3, 0.4) is 0 Å². The van der Waals surface area contributed by atoms with Gasteiger partial charge in [-0.25, -0.2) is 9.59 Å². The van der Waals surface area contributed by atoms with Crippen molar-refractivity contribution in [2.24, 2.45) is 0 Å². The van der Waals surface area contributed by atoms with Crippen LogP contribution in [0.5, 0.6) is 17.2 Å². The maximum Gasteiger partial charge on any atom is 0.412 e. The zero-order valence-corrected chi connectivity index (χ0v) is 18.7. The highest BCUT2D eigenvalue weighted by molar-refractivity contribution is 5.94. The van der Waals surface area contributed by atoms with Crippen LogP contribution in [0.15, 0.2) is 79.4 Å². The van der Waals surface area contributed by atoms with Crippen LogP contribution >= 0.6 is 0 Å². The molecule has 0 unspecified atom stereocenters. The van der Waals surface area contributed by atoms with Crippen LogP contribution < -0.4 is 14.8 Å². The summed E-state index contributed by atoms with van der Waals surface area (Å²) in [4.78, 5) is 23.1. The van der Waals surface area contributed by atoms with Crippen molar-refractivity contribution in [2.45, 2.75) is 0 Å². The fraction of sp³-hybridized carbons (Fsp3) is 0.231. The molecule has 0 heterocycles. The highest BCUT2D eigenvalue weighted by Gasteiger charge is 2.11. The SMILES string of the molecule is C=CC(=O)OCCOCCOCCNC(=O)Oc1cccc2c(Oc3ccccc3)cccc12. The van der Waals surface area contributed by atoms with Crippen molar-refractivity contribution in [3.63, 3.8) is 0 Å². The van der Waals surface area contributed by atoms with Gasteiger partial charge in [-0.05, 0) is 24.3 Å². The molecule has 3 aromatic rings. The molecule has 0 atom stereocenters. The Labute approximate surface area is 198 Å². The van der Waals surface area contributed by atoms with Gasteiger partial charge >= 0.3 is 12.1 Å². The van der Waals surface area contributed by atoms with Crippen molar-refractivity contribution in [3.8, 4) is 17.2 Å². The molecule has 0 aromatic heterocycles. The van der Waals surface area contributed by atoms with Crippen LogP contribution in [-0.4, -0.2) is 51.6 Å². The second-order valence-corrected chi connectivity index (χ2v) is 6.94. The summed E-state index contributed by atoms with van der Waals surface area (Å²) >= 11 is 0. The third-order valence-corrected chi connectivity index (χ3v) is 4.54. The summed E-state index contributed by atoms with van der Waals surface area (Å²) < 4.78 is 26.9. The van der Waals surface area contributed by atoms with E-state index < -0.39 is 12.1 Å². The highest BCUT2D eigenvalue weighted by Crippen LogP contribution is 2.34. The van der Waals surface area contributed by atoms with Gasteiger partial charge in [0.05, 0.1) is 26.4 Å². The van der Waals surface area contributed by atoms with Crippen molar-refractivity contribution in [3.05, 3.63) is 79.4 Å². The van der Waals surface area contributed by atoms with E-state index in [2.05, 4.69) is 11.9 Å². The number of carbonyl (C=O) groups excluding carboxylic acids is 2. The average Bonchev–Trinajstić information content (AvgIpc) is 2.86. The minimum absolute atomic E-state index is 0.159. The Balaban J connectivity index is 1.40. The van der Waals surface area contributed by atoms with Gasteiger partial charge in [-0.15, -0.1) is 0 Å². The van der Waals surface area contributed by atoms with Gasteiger partial charge in [0.15, 0.2) is 0 Å². The molecule has 0 fully saturated rings. The summed E-state index contributed by atoms with van der Waals surface area (Å²) in [5.74, 6) is 1.34. The van der Waals surface area contributed by atoms with Gasteiger partial charge < -0.3 is 29.0 Å². The lowest BCUT2D eigenvalue weighted by atomic mass is 10.1. The summed E-state index contributed by atoms with van der Waals surface area (Å²) in [7, 11) is 0. The molecule has 178 valence electrons. The summed E-state index contributed by atoms with van der Waals surface area (Å²) in [6.07, 6.45) is 0.518. The van der Waals surface area contributed by atoms with E-state index in [1.807, 2.05) is 60.7 Å². The third-order valence-electron chi connectivity index (χ3n) is 4.54. The van der Waals surface area contributed by atoms with E-state index in [0.717, 1.165) is 22.6 Å². The van der Waals surface area contributed by atoms with Crippen LogP contribution in [0.1, 0.15) is 0 Å².